The first kappa shape index (κ1) is 6.13. The van der Waals surface area contributed by atoms with Crippen LogP contribution in [-0.2, 0) is 11.2 Å². The third-order valence-electron chi connectivity index (χ3n) is 0.776. The topological polar surface area (TPSA) is 23.1 Å². The van der Waals surface area contributed by atoms with Gasteiger partial charge in [0.15, 0.2) is 4.90 Å². The number of rotatable bonds is 1. The molecule has 0 aliphatic carbocycles. The predicted octanol–water partition coefficient (Wildman–Crippen LogP) is 1.29. The fraction of sp³-hybridized carbons (Fsp3) is 0.200. The average molecular weight is 145 g/mol. The van der Waals surface area contributed by atoms with Crippen molar-refractivity contribution in [2.45, 2.75) is 4.90 Å². The van der Waals surface area contributed by atoms with Gasteiger partial charge in [-0.2, -0.15) is 0 Å². The van der Waals surface area contributed by atoms with Crippen LogP contribution in [0.2, 0.25) is 0 Å². The average Bonchev–Trinajstić information content (AvgIpc) is 2.12. The summed E-state index contributed by atoms with van der Waals surface area (Å²) in [6, 6.07) is 1.75. The zero-order chi connectivity index (χ0) is 5.98. The minimum Gasteiger partial charge on any atom is -0.612 e. The Labute approximate surface area is 55.5 Å². The van der Waals surface area contributed by atoms with Crippen LogP contribution in [0.5, 0.6) is 0 Å². The van der Waals surface area contributed by atoms with E-state index in [2.05, 4.69) is 5.38 Å². The lowest BCUT2D eigenvalue weighted by Crippen LogP contribution is -1.92. The summed E-state index contributed by atoms with van der Waals surface area (Å²) in [4.78, 5) is 0.870. The third-order valence-corrected chi connectivity index (χ3v) is 2.45. The van der Waals surface area contributed by atoms with E-state index in [-0.39, 0.29) is 0 Å². The molecule has 0 N–H and O–H groups in total. The van der Waals surface area contributed by atoms with Gasteiger partial charge in [-0.3, -0.25) is 0 Å². The molecule has 1 aromatic rings. The van der Waals surface area contributed by atoms with Crippen molar-refractivity contribution < 1.29 is 4.55 Å². The van der Waals surface area contributed by atoms with Crippen LogP contribution >= 0.6 is 11.3 Å². The Morgan fingerprint density at radius 3 is 2.88 bits per heavy atom. The monoisotopic (exact) mass is 145 g/mol. The smallest absolute Gasteiger partial charge is 0.163 e. The molecule has 0 fully saturated rings. The highest BCUT2D eigenvalue weighted by atomic mass is 32.2. The third kappa shape index (κ3) is 1.24. The first-order chi connectivity index (χ1) is 3.80. The molecule has 1 nitrogen and oxygen atoms in total. The molecule has 0 amide bonds. The normalized spacial score (nSPS) is 13.8. The van der Waals surface area contributed by atoms with Crippen LogP contribution in [0.15, 0.2) is 16.3 Å². The molecule has 1 heterocycles. The molecule has 0 aliphatic rings. The maximum absolute atomic E-state index is 10.6. The van der Waals surface area contributed by atoms with E-state index < -0.39 is 11.2 Å². The predicted molar refractivity (Wildman–Crippen MR) is 35.5 cm³/mol. The molecule has 1 unspecified atom stereocenters. The second kappa shape index (κ2) is 2.53. The van der Waals surface area contributed by atoms with Crippen molar-refractivity contribution in [3.8, 4) is 0 Å². The summed E-state index contributed by atoms with van der Waals surface area (Å²) >= 11 is 0.631. The van der Waals surface area contributed by atoms with Crippen LogP contribution in [0.1, 0.15) is 0 Å². The molecule has 1 aromatic heterocycles. The lowest BCUT2D eigenvalue weighted by atomic mass is 10.7. The Morgan fingerprint density at radius 2 is 2.62 bits per heavy atom. The lowest BCUT2D eigenvalue weighted by molar-refractivity contribution is 0.601. The standard InChI is InChI=1S/C5H5OS2/c1-8(6)5-2-3-7-4-5/h2,4H,1H3. The lowest BCUT2D eigenvalue weighted by Gasteiger charge is -1.97. The molecule has 0 saturated heterocycles. The van der Waals surface area contributed by atoms with Crippen LogP contribution in [0, 0.1) is 5.38 Å². The van der Waals surface area contributed by atoms with Gasteiger partial charge in [0.05, 0.1) is 0 Å². The van der Waals surface area contributed by atoms with Crippen molar-refractivity contribution >= 4 is 22.5 Å². The molecule has 1 radical (unpaired) electrons. The maximum Gasteiger partial charge on any atom is 0.163 e. The summed E-state index contributed by atoms with van der Waals surface area (Å²) < 4.78 is 10.6. The van der Waals surface area contributed by atoms with Crippen LogP contribution in [0.4, 0.5) is 0 Å². The first-order valence-electron chi connectivity index (χ1n) is 2.08. The van der Waals surface area contributed by atoms with Crippen molar-refractivity contribution in [1.82, 2.24) is 0 Å². The molecule has 0 spiro atoms. The highest BCUT2D eigenvalue weighted by Gasteiger charge is 2.00. The largest absolute Gasteiger partial charge is 0.612 e. The highest BCUT2D eigenvalue weighted by molar-refractivity contribution is 7.90. The molecule has 0 aromatic carbocycles. The van der Waals surface area contributed by atoms with Crippen LogP contribution in [-0.4, -0.2) is 10.8 Å². The van der Waals surface area contributed by atoms with E-state index in [0.29, 0.717) is 0 Å². The zero-order valence-electron chi connectivity index (χ0n) is 4.38. The van der Waals surface area contributed by atoms with E-state index >= 15 is 0 Å². The fourth-order valence-corrected chi connectivity index (χ4v) is 1.80. The van der Waals surface area contributed by atoms with E-state index in [9.17, 15) is 4.55 Å². The van der Waals surface area contributed by atoms with Gasteiger partial charge in [-0.25, -0.2) is 0 Å². The van der Waals surface area contributed by atoms with Gasteiger partial charge in [0, 0.05) is 16.8 Å². The molecular weight excluding hydrogens is 140 g/mol. The summed E-state index contributed by atoms with van der Waals surface area (Å²) in [5.74, 6) is 0. The van der Waals surface area contributed by atoms with Gasteiger partial charge in [0.25, 0.3) is 0 Å². The first-order valence-corrected chi connectivity index (χ1v) is 4.52. The Balaban J connectivity index is 2.77. The second-order valence-corrected chi connectivity index (χ2v) is 3.44. The molecule has 0 aliphatic heterocycles. The molecule has 0 bridgehead atoms. The van der Waals surface area contributed by atoms with Crippen molar-refractivity contribution in [2.75, 3.05) is 6.26 Å². The summed E-state index contributed by atoms with van der Waals surface area (Å²) in [6.45, 7) is 0. The summed E-state index contributed by atoms with van der Waals surface area (Å²) in [6.07, 6.45) is 1.66. The van der Waals surface area contributed by atoms with E-state index in [1.807, 2.05) is 5.38 Å². The zero-order valence-corrected chi connectivity index (χ0v) is 6.01. The van der Waals surface area contributed by atoms with E-state index in [4.69, 9.17) is 0 Å². The molecule has 3 heteroatoms. The van der Waals surface area contributed by atoms with Gasteiger partial charge < -0.3 is 4.55 Å². The van der Waals surface area contributed by atoms with Gasteiger partial charge in [-0.1, -0.05) is 0 Å². The molecule has 8 heavy (non-hydrogen) atoms. The van der Waals surface area contributed by atoms with Crippen LogP contribution in [0.3, 0.4) is 0 Å². The van der Waals surface area contributed by atoms with Gasteiger partial charge >= 0.3 is 0 Å². The SMILES string of the molecule is C[S+]([O-])c1c[c]sc1. The van der Waals surface area contributed by atoms with Crippen molar-refractivity contribution in [1.29, 1.82) is 0 Å². The molecule has 1 atom stereocenters. The van der Waals surface area contributed by atoms with E-state index in [0.717, 1.165) is 4.90 Å². The number of hydrogen-bond acceptors (Lipinski definition) is 2. The second-order valence-electron chi connectivity index (χ2n) is 1.35. The highest BCUT2D eigenvalue weighted by Crippen LogP contribution is 2.10. The minimum absolute atomic E-state index is 0.819. The number of hydrogen-bond donors (Lipinski definition) is 0. The number of thiophene rings is 1. The Bertz CT molecular complexity index is 145. The quantitative estimate of drug-likeness (QED) is 0.546. The molecule has 1 rings (SSSR count). The molecular formula is C5H5OS2. The van der Waals surface area contributed by atoms with Gasteiger partial charge in [0.2, 0.25) is 0 Å². The molecule has 43 valence electrons. The summed E-state index contributed by atoms with van der Waals surface area (Å²) in [7, 11) is 0. The van der Waals surface area contributed by atoms with E-state index in [1.54, 1.807) is 12.3 Å². The molecule has 0 saturated carbocycles. The Kier molecular flexibility index (Phi) is 1.94. The van der Waals surface area contributed by atoms with Gasteiger partial charge in [-0.05, 0) is 11.2 Å². The fourth-order valence-electron chi connectivity index (χ4n) is 0.369. The van der Waals surface area contributed by atoms with E-state index in [1.165, 1.54) is 11.3 Å². The van der Waals surface area contributed by atoms with Crippen molar-refractivity contribution in [3.63, 3.8) is 0 Å². The van der Waals surface area contributed by atoms with Crippen molar-refractivity contribution in [2.24, 2.45) is 0 Å². The van der Waals surface area contributed by atoms with Gasteiger partial charge in [0.1, 0.15) is 6.26 Å². The summed E-state index contributed by atoms with van der Waals surface area (Å²) in [5.41, 5.74) is 0. The van der Waals surface area contributed by atoms with Crippen LogP contribution in [0.25, 0.3) is 0 Å². The maximum atomic E-state index is 10.6. The summed E-state index contributed by atoms with van der Waals surface area (Å²) in [5, 5.41) is 4.70. The van der Waals surface area contributed by atoms with Crippen LogP contribution < -0.4 is 0 Å². The van der Waals surface area contributed by atoms with Crippen molar-refractivity contribution in [3.05, 3.63) is 16.8 Å². The minimum atomic E-state index is -0.819. The Morgan fingerprint density at radius 1 is 1.88 bits per heavy atom. The Hall–Kier alpha value is 0.01000. The van der Waals surface area contributed by atoms with Gasteiger partial charge in [-0.15, -0.1) is 11.3 Å².